The number of ether oxygens (including phenoxy) is 1. The number of azide groups is 1. The first-order valence-electron chi connectivity index (χ1n) is 6.45. The molecule has 0 saturated carbocycles. The molecule has 0 unspecified atom stereocenters. The Morgan fingerprint density at radius 3 is 2.76 bits per heavy atom. The molecule has 6 nitrogen and oxygen atoms in total. The van der Waals surface area contributed by atoms with Crippen molar-refractivity contribution in [2.75, 3.05) is 6.61 Å². The molecule has 0 aliphatic carbocycles. The molecule has 0 amide bonds. The van der Waals surface area contributed by atoms with Crippen LogP contribution in [0, 0.1) is 6.92 Å². The summed E-state index contributed by atoms with van der Waals surface area (Å²) in [4.78, 5) is 2.77. The smallest absolute Gasteiger partial charge is 0.137 e. The minimum Gasteiger partial charge on any atom is -0.489 e. The van der Waals surface area contributed by atoms with Gasteiger partial charge in [-0.25, -0.2) is 0 Å². The van der Waals surface area contributed by atoms with Gasteiger partial charge in [0.15, 0.2) is 0 Å². The number of hydrogen-bond donors (Lipinski definition) is 0. The number of hydrogen-bond acceptors (Lipinski definition) is 4. The van der Waals surface area contributed by atoms with Gasteiger partial charge < -0.3 is 9.26 Å². The van der Waals surface area contributed by atoms with Crippen LogP contribution in [-0.4, -0.2) is 11.8 Å². The molecule has 2 rings (SSSR count). The van der Waals surface area contributed by atoms with E-state index in [0.717, 1.165) is 22.4 Å². The summed E-state index contributed by atoms with van der Waals surface area (Å²) in [6, 6.07) is 7.51. The van der Waals surface area contributed by atoms with Crippen LogP contribution in [0.2, 0.25) is 0 Å². The van der Waals surface area contributed by atoms with Crippen molar-refractivity contribution in [3.63, 3.8) is 0 Å². The zero-order chi connectivity index (χ0) is 15.2. The molecular formula is C15H16N4O2. The second kappa shape index (κ2) is 6.63. The van der Waals surface area contributed by atoms with E-state index in [2.05, 4.69) is 21.8 Å². The lowest BCUT2D eigenvalue weighted by molar-refractivity contribution is 0.353. The Hall–Kier alpha value is -2.72. The highest BCUT2D eigenvalue weighted by Crippen LogP contribution is 2.27. The summed E-state index contributed by atoms with van der Waals surface area (Å²) in [6.45, 7) is 8.21. The molecule has 6 heteroatoms. The molecule has 1 aromatic heterocycles. The Labute approximate surface area is 122 Å². The van der Waals surface area contributed by atoms with E-state index in [9.17, 15) is 0 Å². The maximum absolute atomic E-state index is 8.44. The molecule has 1 aromatic carbocycles. The fraction of sp³-hybridized carbons (Fsp3) is 0.267. The predicted molar refractivity (Wildman–Crippen MR) is 79.8 cm³/mol. The monoisotopic (exact) mass is 284 g/mol. The molecule has 0 spiro atoms. The highest BCUT2D eigenvalue weighted by molar-refractivity contribution is 5.64. The van der Waals surface area contributed by atoms with Gasteiger partial charge in [0.2, 0.25) is 0 Å². The summed E-state index contributed by atoms with van der Waals surface area (Å²) in [6.07, 6.45) is 0. The Morgan fingerprint density at radius 2 is 2.14 bits per heavy atom. The molecule has 1 heterocycles. The van der Waals surface area contributed by atoms with Crippen LogP contribution >= 0.6 is 0 Å². The number of benzene rings is 1. The second-order valence-corrected chi connectivity index (χ2v) is 4.73. The third-order valence-electron chi connectivity index (χ3n) is 2.89. The maximum Gasteiger partial charge on any atom is 0.137 e. The van der Waals surface area contributed by atoms with Crippen molar-refractivity contribution in [3.05, 3.63) is 58.2 Å². The van der Waals surface area contributed by atoms with E-state index in [-0.39, 0.29) is 6.54 Å². The molecule has 0 radical (unpaired) electrons. The molecule has 0 bridgehead atoms. The number of nitrogens with zero attached hydrogens (tertiary/aromatic N) is 4. The second-order valence-electron chi connectivity index (χ2n) is 4.73. The Kier molecular flexibility index (Phi) is 4.64. The van der Waals surface area contributed by atoms with Gasteiger partial charge >= 0.3 is 0 Å². The van der Waals surface area contributed by atoms with Crippen LogP contribution in [-0.2, 0) is 6.54 Å². The van der Waals surface area contributed by atoms with Gasteiger partial charge in [0.25, 0.3) is 0 Å². The summed E-state index contributed by atoms with van der Waals surface area (Å²) in [7, 11) is 0. The molecule has 0 aliphatic heterocycles. The molecule has 21 heavy (non-hydrogen) atoms. The van der Waals surface area contributed by atoms with Crippen molar-refractivity contribution in [1.29, 1.82) is 0 Å². The minimum absolute atomic E-state index is 0.217. The van der Waals surface area contributed by atoms with Crippen LogP contribution in [0.4, 0.5) is 0 Å². The summed E-state index contributed by atoms with van der Waals surface area (Å²) >= 11 is 0. The summed E-state index contributed by atoms with van der Waals surface area (Å²) in [5.74, 6) is 1.42. The first-order valence-corrected chi connectivity index (χ1v) is 6.45. The highest BCUT2D eigenvalue weighted by Gasteiger charge is 2.13. The van der Waals surface area contributed by atoms with Crippen LogP contribution < -0.4 is 4.74 Å². The van der Waals surface area contributed by atoms with Crippen LogP contribution in [0.3, 0.4) is 0 Å². The average Bonchev–Trinajstić information content (AvgIpc) is 2.84. The van der Waals surface area contributed by atoms with Crippen molar-refractivity contribution in [2.24, 2.45) is 5.11 Å². The van der Waals surface area contributed by atoms with E-state index in [4.69, 9.17) is 14.8 Å². The highest BCUT2D eigenvalue weighted by atomic mass is 16.5. The fourth-order valence-corrected chi connectivity index (χ4v) is 1.82. The molecule has 0 saturated heterocycles. The van der Waals surface area contributed by atoms with Gasteiger partial charge in [-0.1, -0.05) is 16.8 Å². The minimum atomic E-state index is 0.217. The Bertz CT molecular complexity index is 682. The Morgan fingerprint density at radius 1 is 1.43 bits per heavy atom. The van der Waals surface area contributed by atoms with Crippen LogP contribution in [0.5, 0.6) is 5.75 Å². The van der Waals surface area contributed by atoms with E-state index >= 15 is 0 Å². The van der Waals surface area contributed by atoms with Crippen molar-refractivity contribution in [2.45, 2.75) is 20.4 Å². The van der Waals surface area contributed by atoms with E-state index in [1.54, 1.807) is 6.92 Å². The molecule has 2 aromatic rings. The van der Waals surface area contributed by atoms with Crippen molar-refractivity contribution in [1.82, 2.24) is 5.16 Å². The summed E-state index contributed by atoms with van der Waals surface area (Å²) in [5.41, 5.74) is 11.8. The zero-order valence-electron chi connectivity index (χ0n) is 12.0. The van der Waals surface area contributed by atoms with Crippen molar-refractivity contribution < 1.29 is 9.26 Å². The van der Waals surface area contributed by atoms with E-state index in [0.29, 0.717) is 18.1 Å². The number of aryl methyl sites for hydroxylation is 1. The van der Waals surface area contributed by atoms with Crippen molar-refractivity contribution >= 4 is 0 Å². The van der Waals surface area contributed by atoms with Crippen LogP contribution in [0.1, 0.15) is 18.2 Å². The van der Waals surface area contributed by atoms with Gasteiger partial charge in [0, 0.05) is 16.0 Å². The first-order chi connectivity index (χ1) is 10.1. The molecule has 0 N–H and O–H groups in total. The van der Waals surface area contributed by atoms with Gasteiger partial charge in [-0.05, 0) is 49.2 Å². The summed E-state index contributed by atoms with van der Waals surface area (Å²) in [5, 5.41) is 7.60. The van der Waals surface area contributed by atoms with Crippen LogP contribution in [0.25, 0.3) is 21.7 Å². The lowest BCUT2D eigenvalue weighted by Crippen LogP contribution is -1.97. The van der Waals surface area contributed by atoms with Gasteiger partial charge in [-0.2, -0.15) is 0 Å². The van der Waals surface area contributed by atoms with E-state index < -0.39 is 0 Å². The third kappa shape index (κ3) is 3.64. The molecule has 0 aliphatic rings. The van der Waals surface area contributed by atoms with Gasteiger partial charge in [0.1, 0.15) is 23.8 Å². The quantitative estimate of drug-likeness (QED) is 0.340. The molecule has 0 fully saturated rings. The Balaban J connectivity index is 2.22. The van der Waals surface area contributed by atoms with Gasteiger partial charge in [-0.3, -0.25) is 0 Å². The molecule has 108 valence electrons. The standard InChI is InChI=1S/C15H16N4O2/c1-10(2)9-20-13-6-4-12(5-7-13)15-14(8-17-19-16)11(3)21-18-15/h4-7H,1,8-9H2,2-3H3. The topological polar surface area (TPSA) is 84.0 Å². The largest absolute Gasteiger partial charge is 0.489 e. The van der Waals surface area contributed by atoms with E-state index in [1.165, 1.54) is 0 Å². The van der Waals surface area contributed by atoms with Gasteiger partial charge in [0.05, 0.1) is 6.54 Å². The van der Waals surface area contributed by atoms with E-state index in [1.807, 2.05) is 31.2 Å². The maximum atomic E-state index is 8.44. The SMILES string of the molecule is C=C(C)COc1ccc(-c2noc(C)c2CN=[N+]=[N-])cc1. The zero-order valence-corrected chi connectivity index (χ0v) is 12.0. The predicted octanol–water partition coefficient (Wildman–Crippen LogP) is 4.42. The van der Waals surface area contributed by atoms with Crippen LogP contribution in [0.15, 0.2) is 46.1 Å². The lowest BCUT2D eigenvalue weighted by atomic mass is 10.1. The average molecular weight is 284 g/mol. The third-order valence-corrected chi connectivity index (χ3v) is 2.89. The molecule has 0 atom stereocenters. The number of aromatic nitrogens is 1. The first kappa shape index (κ1) is 14.7. The lowest BCUT2D eigenvalue weighted by Gasteiger charge is -2.06. The fourth-order valence-electron chi connectivity index (χ4n) is 1.82. The van der Waals surface area contributed by atoms with Crippen molar-refractivity contribution in [3.8, 4) is 17.0 Å². The summed E-state index contributed by atoms with van der Waals surface area (Å²) < 4.78 is 10.7. The number of rotatable bonds is 6. The van der Waals surface area contributed by atoms with Gasteiger partial charge in [-0.15, -0.1) is 0 Å². The molecular weight excluding hydrogens is 268 g/mol. The normalized spacial score (nSPS) is 10.0.